The van der Waals surface area contributed by atoms with E-state index in [0.717, 1.165) is 43.2 Å². The van der Waals surface area contributed by atoms with Crippen molar-refractivity contribution in [1.29, 1.82) is 0 Å². The largest absolute Gasteiger partial charge is 0.381 e. The van der Waals surface area contributed by atoms with Crippen LogP contribution in [-0.2, 0) is 25.4 Å². The van der Waals surface area contributed by atoms with Crippen LogP contribution in [0.5, 0.6) is 0 Å². The second-order valence-electron chi connectivity index (χ2n) is 8.52. The number of ether oxygens (including phenoxy) is 3. The van der Waals surface area contributed by atoms with Gasteiger partial charge in [-0.15, -0.1) is 6.58 Å². The predicted octanol–water partition coefficient (Wildman–Crippen LogP) is 0.479. The number of carbonyl (C=O) groups is 1. The molecule has 0 spiro atoms. The normalized spacial score (nSPS) is 14.9. The molecule has 9 nitrogen and oxygen atoms in total. The lowest BCUT2D eigenvalue weighted by molar-refractivity contribution is -0.646. The average molecular weight is 477 g/mol. The van der Waals surface area contributed by atoms with E-state index in [1.165, 1.54) is 11.5 Å². The van der Waals surface area contributed by atoms with E-state index in [1.54, 1.807) is 20.3 Å². The molecule has 1 aromatic rings. The molecule has 190 valence electrons. The van der Waals surface area contributed by atoms with E-state index in [4.69, 9.17) is 25.8 Å². The number of carbonyl (C=O) groups excluding carboxylic acids is 1. The van der Waals surface area contributed by atoms with Crippen LogP contribution >= 0.6 is 0 Å². The van der Waals surface area contributed by atoms with Crippen LogP contribution in [0.2, 0.25) is 0 Å². The minimum Gasteiger partial charge on any atom is -0.381 e. The third-order valence-corrected chi connectivity index (χ3v) is 6.03. The first-order valence-electron chi connectivity index (χ1n) is 12.0. The maximum atomic E-state index is 13.0. The number of amides is 1. The SMILES string of the molecule is C=CCN(N)[NH+]=C(N)c1cccc(CCOCCC(=O)N(CC(OC)OC)C2CCCCC2)c1. The van der Waals surface area contributed by atoms with Gasteiger partial charge in [0.05, 0.1) is 38.3 Å². The molecule has 0 radical (unpaired) electrons. The van der Waals surface area contributed by atoms with Gasteiger partial charge in [0.1, 0.15) is 0 Å². The van der Waals surface area contributed by atoms with Gasteiger partial charge >= 0.3 is 0 Å². The van der Waals surface area contributed by atoms with Crippen LogP contribution in [0.1, 0.15) is 49.7 Å². The number of methoxy groups -OCH3 is 2. The Labute approximate surface area is 203 Å². The summed E-state index contributed by atoms with van der Waals surface area (Å²) in [6.07, 6.45) is 7.95. The van der Waals surface area contributed by atoms with Crippen molar-refractivity contribution >= 4 is 11.7 Å². The molecule has 0 atom stereocenters. The van der Waals surface area contributed by atoms with Gasteiger partial charge in [-0.05, 0) is 37.0 Å². The lowest BCUT2D eigenvalue weighted by atomic mass is 9.94. The molecule has 0 aliphatic heterocycles. The van der Waals surface area contributed by atoms with Crippen LogP contribution in [0.25, 0.3) is 0 Å². The molecule has 5 N–H and O–H groups in total. The second kappa shape index (κ2) is 15.4. The maximum absolute atomic E-state index is 13.0. The van der Waals surface area contributed by atoms with Crippen molar-refractivity contribution in [3.63, 3.8) is 0 Å². The summed E-state index contributed by atoms with van der Waals surface area (Å²) in [6, 6.07) is 8.14. The highest BCUT2D eigenvalue weighted by Crippen LogP contribution is 2.23. The predicted molar refractivity (Wildman–Crippen MR) is 132 cm³/mol. The first-order chi connectivity index (χ1) is 16.5. The van der Waals surface area contributed by atoms with Crippen LogP contribution in [0.3, 0.4) is 0 Å². The smallest absolute Gasteiger partial charge is 0.297 e. The fourth-order valence-electron chi connectivity index (χ4n) is 4.15. The summed E-state index contributed by atoms with van der Waals surface area (Å²) in [4.78, 5) is 14.9. The van der Waals surface area contributed by atoms with Gasteiger partial charge in [0, 0.05) is 20.3 Å². The Morgan fingerprint density at radius 3 is 2.65 bits per heavy atom. The standard InChI is InChI=1S/C25H41N5O4/c1-4-15-30(27)28-25(26)21-10-8-9-20(18-21)13-16-34-17-14-23(31)29(19-24(32-2)33-3)22-11-6-5-7-12-22/h4,8-10,18,22,24H,1,5-7,11-17,19,27H2,2-3H3,(H2,26,28)/p+1. The van der Waals surface area contributed by atoms with Gasteiger partial charge < -0.3 is 19.1 Å². The number of nitrogens with two attached hydrogens (primary N) is 2. The monoisotopic (exact) mass is 476 g/mol. The van der Waals surface area contributed by atoms with Crippen molar-refractivity contribution in [2.75, 3.05) is 40.5 Å². The summed E-state index contributed by atoms with van der Waals surface area (Å²) in [5, 5.41) is 4.28. The van der Waals surface area contributed by atoms with E-state index in [-0.39, 0.29) is 11.9 Å². The van der Waals surface area contributed by atoms with Crippen LogP contribution in [-0.4, -0.2) is 74.6 Å². The Hall–Kier alpha value is -2.46. The van der Waals surface area contributed by atoms with Gasteiger partial charge in [-0.3, -0.25) is 10.5 Å². The quantitative estimate of drug-likeness (QED) is 0.0641. The van der Waals surface area contributed by atoms with Crippen LogP contribution in [0, 0.1) is 0 Å². The number of nitrogens with one attached hydrogen (secondary N) is 1. The number of hydrazine groups is 2. The van der Waals surface area contributed by atoms with Gasteiger partial charge in [-0.25, -0.2) is 5.84 Å². The molecule has 1 aromatic carbocycles. The highest BCUT2D eigenvalue weighted by Gasteiger charge is 2.27. The molecule has 1 aliphatic carbocycles. The third kappa shape index (κ3) is 9.42. The molecule has 0 unspecified atom stereocenters. The van der Waals surface area contributed by atoms with Crippen molar-refractivity contribution in [3.8, 4) is 0 Å². The highest BCUT2D eigenvalue weighted by atomic mass is 16.7. The topological polar surface area (TPSA) is 117 Å². The average Bonchev–Trinajstić information content (AvgIpc) is 2.85. The molecular weight excluding hydrogens is 434 g/mol. The third-order valence-electron chi connectivity index (χ3n) is 6.03. The molecule has 0 heterocycles. The fraction of sp³-hybridized carbons (Fsp3) is 0.600. The number of nitrogens with zero attached hydrogens (tertiary/aromatic N) is 2. The summed E-state index contributed by atoms with van der Waals surface area (Å²) < 4.78 is 16.5. The van der Waals surface area contributed by atoms with Crippen molar-refractivity contribution in [1.82, 2.24) is 10.0 Å². The minimum absolute atomic E-state index is 0.0901. The molecule has 1 amide bonds. The lowest BCUT2D eigenvalue weighted by Crippen LogP contribution is -2.88. The number of nitrogen functional groups attached to an aromatic ring is 1. The fourth-order valence-corrected chi connectivity index (χ4v) is 4.15. The summed E-state index contributed by atoms with van der Waals surface area (Å²) in [5.74, 6) is 6.35. The van der Waals surface area contributed by atoms with Crippen molar-refractivity contribution in [3.05, 3.63) is 48.0 Å². The molecule has 1 saturated carbocycles. The van der Waals surface area contributed by atoms with E-state index in [2.05, 4.69) is 11.7 Å². The van der Waals surface area contributed by atoms with Crippen LogP contribution < -0.4 is 16.7 Å². The van der Waals surface area contributed by atoms with E-state index in [0.29, 0.717) is 38.6 Å². The first-order valence-corrected chi connectivity index (χ1v) is 12.0. The molecule has 1 fully saturated rings. The zero-order valence-corrected chi connectivity index (χ0v) is 20.7. The highest BCUT2D eigenvalue weighted by molar-refractivity contribution is 5.92. The van der Waals surface area contributed by atoms with Crippen molar-refractivity contribution in [2.45, 2.75) is 57.3 Å². The summed E-state index contributed by atoms with van der Waals surface area (Å²) in [6.45, 7) is 5.46. The molecule has 0 aromatic heterocycles. The zero-order valence-electron chi connectivity index (χ0n) is 20.7. The zero-order chi connectivity index (χ0) is 24.8. The minimum atomic E-state index is -0.416. The number of amidine groups is 1. The summed E-state index contributed by atoms with van der Waals surface area (Å²) in [5.41, 5.74) is 8.05. The number of hydrogen-bond donors (Lipinski definition) is 3. The number of hydrogen-bond acceptors (Lipinski definition) is 6. The Kier molecular flexibility index (Phi) is 12.6. The molecular formula is C25H42N5O4+. The Balaban J connectivity index is 1.82. The molecule has 0 saturated heterocycles. The number of rotatable bonds is 15. The Morgan fingerprint density at radius 2 is 1.97 bits per heavy atom. The van der Waals surface area contributed by atoms with Gasteiger partial charge in [0.25, 0.3) is 5.84 Å². The van der Waals surface area contributed by atoms with Gasteiger partial charge in [-0.1, -0.05) is 37.5 Å². The molecule has 1 aliphatic rings. The van der Waals surface area contributed by atoms with Gasteiger partial charge in [0.2, 0.25) is 5.91 Å². The second-order valence-corrected chi connectivity index (χ2v) is 8.52. The molecule has 9 heteroatoms. The first kappa shape index (κ1) is 27.8. The molecule has 2 rings (SSSR count). The number of benzene rings is 1. The summed E-state index contributed by atoms with van der Waals surface area (Å²) >= 11 is 0. The van der Waals surface area contributed by atoms with E-state index in [9.17, 15) is 4.79 Å². The van der Waals surface area contributed by atoms with Crippen molar-refractivity contribution in [2.24, 2.45) is 11.6 Å². The van der Waals surface area contributed by atoms with E-state index >= 15 is 0 Å². The lowest BCUT2D eigenvalue weighted by Gasteiger charge is -2.36. The maximum Gasteiger partial charge on any atom is 0.297 e. The molecule has 34 heavy (non-hydrogen) atoms. The Morgan fingerprint density at radius 1 is 1.24 bits per heavy atom. The van der Waals surface area contributed by atoms with Gasteiger partial charge in [-0.2, -0.15) is 10.2 Å². The molecule has 0 bridgehead atoms. The van der Waals surface area contributed by atoms with Crippen molar-refractivity contribution < 1.29 is 24.1 Å². The van der Waals surface area contributed by atoms with Crippen LogP contribution in [0.15, 0.2) is 36.9 Å². The van der Waals surface area contributed by atoms with Gasteiger partial charge in [0.15, 0.2) is 6.29 Å². The number of hydrazone groups is 1. The van der Waals surface area contributed by atoms with E-state index < -0.39 is 6.29 Å². The Bertz CT molecular complexity index is 778. The summed E-state index contributed by atoms with van der Waals surface area (Å²) in [7, 11) is 3.20. The van der Waals surface area contributed by atoms with E-state index in [1.807, 2.05) is 29.2 Å². The van der Waals surface area contributed by atoms with Crippen LogP contribution in [0.4, 0.5) is 0 Å².